The van der Waals surface area contributed by atoms with E-state index < -0.39 is 17.8 Å². The SMILES string of the molecule is CC(C)(C)C(CNC(CN)Cc1ccccc1)NC(=O)Nc1cccc(C(F)(F)F)c1. The maximum absolute atomic E-state index is 12.9. The minimum Gasteiger partial charge on any atom is -0.333 e. The molecule has 5 N–H and O–H groups in total. The Morgan fingerprint density at radius 1 is 1.03 bits per heavy atom. The van der Waals surface area contributed by atoms with Crippen molar-refractivity contribution in [3.05, 3.63) is 65.7 Å². The van der Waals surface area contributed by atoms with Gasteiger partial charge in [-0.15, -0.1) is 0 Å². The molecule has 0 saturated heterocycles. The van der Waals surface area contributed by atoms with Crippen LogP contribution < -0.4 is 21.7 Å². The van der Waals surface area contributed by atoms with Crippen LogP contribution in [0, 0.1) is 5.41 Å². The van der Waals surface area contributed by atoms with E-state index in [1.807, 2.05) is 51.1 Å². The van der Waals surface area contributed by atoms with Crippen LogP contribution in [0.1, 0.15) is 31.9 Å². The molecule has 0 spiro atoms. The summed E-state index contributed by atoms with van der Waals surface area (Å²) < 4.78 is 38.7. The number of alkyl halides is 3. The third-order valence-corrected chi connectivity index (χ3v) is 5.02. The summed E-state index contributed by atoms with van der Waals surface area (Å²) in [5.41, 5.74) is 6.05. The third-order valence-electron chi connectivity index (χ3n) is 5.02. The Morgan fingerprint density at radius 2 is 1.71 bits per heavy atom. The molecule has 2 rings (SSSR count). The summed E-state index contributed by atoms with van der Waals surface area (Å²) in [5, 5.41) is 8.77. The minimum absolute atomic E-state index is 0.0283. The number of hydrogen-bond acceptors (Lipinski definition) is 3. The number of amides is 2. The molecule has 2 atom stereocenters. The molecule has 0 radical (unpaired) electrons. The fourth-order valence-corrected chi connectivity index (χ4v) is 3.09. The van der Waals surface area contributed by atoms with Crippen molar-refractivity contribution in [1.82, 2.24) is 10.6 Å². The number of halogens is 3. The summed E-state index contributed by atoms with van der Waals surface area (Å²) in [6.07, 6.45) is -3.72. The van der Waals surface area contributed by atoms with Gasteiger partial charge in [-0.1, -0.05) is 57.2 Å². The third kappa shape index (κ3) is 8.22. The van der Waals surface area contributed by atoms with Crippen LogP contribution in [0.2, 0.25) is 0 Å². The summed E-state index contributed by atoms with van der Waals surface area (Å²) in [5.74, 6) is 0. The van der Waals surface area contributed by atoms with Gasteiger partial charge < -0.3 is 21.7 Å². The van der Waals surface area contributed by atoms with Gasteiger partial charge in [-0.05, 0) is 35.6 Å². The molecular weight excluding hydrogens is 405 g/mol. The molecule has 5 nitrogen and oxygen atoms in total. The fourth-order valence-electron chi connectivity index (χ4n) is 3.09. The van der Waals surface area contributed by atoms with Crippen LogP contribution in [0.15, 0.2) is 54.6 Å². The van der Waals surface area contributed by atoms with Crippen LogP contribution in [-0.4, -0.2) is 31.2 Å². The minimum atomic E-state index is -4.47. The molecule has 170 valence electrons. The Bertz CT molecular complexity index is 835. The summed E-state index contributed by atoms with van der Waals surface area (Å²) >= 11 is 0. The molecule has 0 heterocycles. The van der Waals surface area contributed by atoms with E-state index >= 15 is 0 Å². The topological polar surface area (TPSA) is 79.2 Å². The lowest BCUT2D eigenvalue weighted by molar-refractivity contribution is -0.137. The maximum Gasteiger partial charge on any atom is 0.416 e. The lowest BCUT2D eigenvalue weighted by Gasteiger charge is -2.33. The Balaban J connectivity index is 1.98. The standard InChI is InChI=1S/C23H31F3N4O/c1-22(2,3)20(15-28-19(14-27)12-16-8-5-4-6-9-16)30-21(31)29-18-11-7-10-17(13-18)23(24,25)26/h4-11,13,19-20,28H,12,14-15,27H2,1-3H3,(H2,29,30,31). The van der Waals surface area contributed by atoms with Gasteiger partial charge in [0.25, 0.3) is 0 Å². The van der Waals surface area contributed by atoms with Gasteiger partial charge in [0.05, 0.1) is 5.56 Å². The number of nitrogens with two attached hydrogens (primary N) is 1. The van der Waals surface area contributed by atoms with Gasteiger partial charge in [-0.25, -0.2) is 4.79 Å². The predicted octanol–water partition coefficient (Wildman–Crippen LogP) is 4.40. The summed E-state index contributed by atoms with van der Waals surface area (Å²) in [7, 11) is 0. The van der Waals surface area contributed by atoms with Gasteiger partial charge >= 0.3 is 12.2 Å². The first-order valence-electron chi connectivity index (χ1n) is 10.2. The first kappa shape index (κ1) is 24.7. The van der Waals surface area contributed by atoms with E-state index in [1.54, 1.807) is 0 Å². The van der Waals surface area contributed by atoms with Gasteiger partial charge in [0.2, 0.25) is 0 Å². The van der Waals surface area contributed by atoms with Gasteiger partial charge in [0, 0.05) is 30.9 Å². The Labute approximate surface area is 181 Å². The first-order valence-corrected chi connectivity index (χ1v) is 10.2. The lowest BCUT2D eigenvalue weighted by Crippen LogP contribution is -2.53. The second kappa shape index (κ2) is 10.6. The van der Waals surface area contributed by atoms with Crippen molar-refractivity contribution in [3.63, 3.8) is 0 Å². The molecule has 0 aliphatic rings. The van der Waals surface area contributed by atoms with Crippen molar-refractivity contribution in [3.8, 4) is 0 Å². The summed E-state index contributed by atoms with van der Waals surface area (Å²) in [6.45, 7) is 6.85. The van der Waals surface area contributed by atoms with Crippen molar-refractivity contribution in [2.24, 2.45) is 11.1 Å². The second-order valence-electron chi connectivity index (χ2n) is 8.63. The van der Waals surface area contributed by atoms with Crippen LogP contribution in [0.5, 0.6) is 0 Å². The van der Waals surface area contributed by atoms with E-state index in [1.165, 1.54) is 12.1 Å². The highest BCUT2D eigenvalue weighted by Crippen LogP contribution is 2.30. The lowest BCUT2D eigenvalue weighted by atomic mass is 9.86. The second-order valence-corrected chi connectivity index (χ2v) is 8.63. The number of nitrogens with one attached hydrogen (secondary N) is 3. The zero-order chi connectivity index (χ0) is 23.1. The number of anilines is 1. The smallest absolute Gasteiger partial charge is 0.333 e. The highest BCUT2D eigenvalue weighted by atomic mass is 19.4. The zero-order valence-electron chi connectivity index (χ0n) is 18.1. The summed E-state index contributed by atoms with van der Waals surface area (Å²) in [6, 6.07) is 13.7. The van der Waals surface area contributed by atoms with Crippen LogP contribution in [0.4, 0.5) is 23.7 Å². The maximum atomic E-state index is 12.9. The molecule has 0 bridgehead atoms. The number of hydrogen-bond donors (Lipinski definition) is 4. The van der Waals surface area contributed by atoms with E-state index in [0.717, 1.165) is 24.1 Å². The van der Waals surface area contributed by atoms with Gasteiger partial charge in [-0.3, -0.25) is 0 Å². The Hall–Kier alpha value is -2.58. The zero-order valence-corrected chi connectivity index (χ0v) is 18.1. The molecule has 0 saturated carbocycles. The normalized spacial score (nSPS) is 14.0. The van der Waals surface area contributed by atoms with E-state index in [2.05, 4.69) is 16.0 Å². The average molecular weight is 437 g/mol. The van der Waals surface area contributed by atoms with Crippen LogP contribution in [-0.2, 0) is 12.6 Å². The van der Waals surface area contributed by atoms with Crippen LogP contribution in [0.3, 0.4) is 0 Å². The largest absolute Gasteiger partial charge is 0.416 e. The molecule has 2 amide bonds. The van der Waals surface area contributed by atoms with E-state index in [-0.39, 0.29) is 23.2 Å². The quantitative estimate of drug-likeness (QED) is 0.495. The van der Waals surface area contributed by atoms with Crippen molar-refractivity contribution in [2.45, 2.75) is 45.5 Å². The molecule has 0 fully saturated rings. The van der Waals surface area contributed by atoms with Crippen LogP contribution in [0.25, 0.3) is 0 Å². The van der Waals surface area contributed by atoms with Crippen LogP contribution >= 0.6 is 0 Å². The number of urea groups is 1. The first-order chi connectivity index (χ1) is 14.5. The van der Waals surface area contributed by atoms with E-state index in [4.69, 9.17) is 5.73 Å². The molecule has 31 heavy (non-hydrogen) atoms. The van der Waals surface area contributed by atoms with Gasteiger partial charge in [0.1, 0.15) is 0 Å². The molecule has 0 aliphatic carbocycles. The molecule has 0 aromatic heterocycles. The van der Waals surface area contributed by atoms with Gasteiger partial charge in [-0.2, -0.15) is 13.2 Å². The van der Waals surface area contributed by atoms with Crippen molar-refractivity contribution in [1.29, 1.82) is 0 Å². The number of carbonyl (C=O) groups is 1. The van der Waals surface area contributed by atoms with Gasteiger partial charge in [0.15, 0.2) is 0 Å². The molecular formula is C23H31F3N4O. The van der Waals surface area contributed by atoms with Crippen molar-refractivity contribution < 1.29 is 18.0 Å². The van der Waals surface area contributed by atoms with E-state index in [9.17, 15) is 18.0 Å². The van der Waals surface area contributed by atoms with E-state index in [0.29, 0.717) is 13.1 Å². The molecule has 0 aliphatic heterocycles. The Kier molecular flexibility index (Phi) is 8.47. The fraction of sp³-hybridized carbons (Fsp3) is 0.435. The molecule has 2 aromatic carbocycles. The highest BCUT2D eigenvalue weighted by molar-refractivity contribution is 5.89. The average Bonchev–Trinajstić information content (AvgIpc) is 2.69. The predicted molar refractivity (Wildman–Crippen MR) is 118 cm³/mol. The van der Waals surface area contributed by atoms with Crippen molar-refractivity contribution in [2.75, 3.05) is 18.4 Å². The molecule has 2 unspecified atom stereocenters. The number of carbonyl (C=O) groups excluding carboxylic acids is 1. The monoisotopic (exact) mass is 436 g/mol. The highest BCUT2D eigenvalue weighted by Gasteiger charge is 2.31. The number of rotatable bonds is 8. The van der Waals surface area contributed by atoms with Crippen molar-refractivity contribution >= 4 is 11.7 Å². The Morgan fingerprint density at radius 3 is 2.29 bits per heavy atom. The molecule has 2 aromatic rings. The molecule has 8 heteroatoms. The number of benzene rings is 2. The summed E-state index contributed by atoms with van der Waals surface area (Å²) in [4.78, 5) is 12.5.